The second-order valence-corrected chi connectivity index (χ2v) is 0.876. The predicted molar refractivity (Wildman–Crippen MR) is 26.9 cm³/mol. The van der Waals surface area contributed by atoms with Gasteiger partial charge in [-0.15, -0.1) is 10.2 Å². The summed E-state index contributed by atoms with van der Waals surface area (Å²) in [6.07, 6.45) is 1.33. The van der Waals surface area contributed by atoms with Crippen LogP contribution in [0.4, 0.5) is 0 Å². The summed E-state index contributed by atoms with van der Waals surface area (Å²) in [5, 5.41) is 19.7. The van der Waals surface area contributed by atoms with Gasteiger partial charge in [0.05, 0.1) is 0 Å². The molecule has 0 saturated carbocycles. The van der Waals surface area contributed by atoms with Gasteiger partial charge in [-0.3, -0.25) is 0 Å². The molecule has 2 N–H and O–H groups in total. The zero-order valence-corrected chi connectivity index (χ0v) is 4.57. The van der Waals surface area contributed by atoms with Gasteiger partial charge in [-0.2, -0.15) is 5.21 Å². The van der Waals surface area contributed by atoms with Crippen molar-refractivity contribution >= 4 is 0 Å². The topological polar surface area (TPSA) is 74.7 Å². The molecule has 5 heteroatoms. The van der Waals surface area contributed by atoms with Gasteiger partial charge >= 0.3 is 0 Å². The molecule has 8 heavy (non-hydrogen) atoms. The molecule has 1 aromatic heterocycles. The molecule has 0 amide bonds. The van der Waals surface area contributed by atoms with E-state index in [1.807, 2.05) is 0 Å². The summed E-state index contributed by atoms with van der Waals surface area (Å²) in [5.74, 6) is 0. The summed E-state index contributed by atoms with van der Waals surface area (Å²) in [5.41, 5.74) is 0. The smallest absolute Gasteiger partial charge is 0.161 e. The number of aliphatic hydroxyl groups excluding tert-OH is 1. The Kier molecular flexibility index (Phi) is 5.30. The van der Waals surface area contributed by atoms with E-state index in [1.54, 1.807) is 6.92 Å². The van der Waals surface area contributed by atoms with Gasteiger partial charge in [0.2, 0.25) is 0 Å². The maximum Gasteiger partial charge on any atom is 0.161 e. The largest absolute Gasteiger partial charge is 0.397 e. The maximum atomic E-state index is 7.57. The number of H-pyrrole nitrogens is 1. The van der Waals surface area contributed by atoms with Gasteiger partial charge in [-0.05, 0) is 6.92 Å². The highest BCUT2D eigenvalue weighted by atomic mass is 16.2. The van der Waals surface area contributed by atoms with Crippen molar-refractivity contribution in [3.63, 3.8) is 0 Å². The third kappa shape index (κ3) is 5.03. The first-order valence-corrected chi connectivity index (χ1v) is 2.19. The lowest BCUT2D eigenvalue weighted by molar-refractivity contribution is 0.318. The molecule has 0 bridgehead atoms. The molecule has 46 valence electrons. The van der Waals surface area contributed by atoms with Crippen molar-refractivity contribution in [1.29, 1.82) is 0 Å². The molecule has 0 aliphatic rings. The zero-order valence-electron chi connectivity index (χ0n) is 4.57. The Bertz CT molecular complexity index is 78.2. The zero-order chi connectivity index (χ0) is 6.24. The van der Waals surface area contributed by atoms with Crippen LogP contribution in [0.1, 0.15) is 6.92 Å². The molecule has 1 aromatic rings. The number of aromatic nitrogens is 4. The SMILES string of the molecule is CCO.c1nn[nH]n1. The summed E-state index contributed by atoms with van der Waals surface area (Å²) < 4.78 is 0. The Morgan fingerprint density at radius 2 is 2.38 bits per heavy atom. The van der Waals surface area contributed by atoms with Crippen LogP contribution in [0.3, 0.4) is 0 Å². The normalized spacial score (nSPS) is 7.25. The van der Waals surface area contributed by atoms with Gasteiger partial charge < -0.3 is 5.11 Å². The highest BCUT2D eigenvalue weighted by molar-refractivity contribution is 4.24. The molecule has 1 rings (SSSR count). The first-order chi connectivity index (χ1) is 3.91. The molecule has 1 heterocycles. The van der Waals surface area contributed by atoms with Crippen molar-refractivity contribution in [1.82, 2.24) is 20.6 Å². The summed E-state index contributed by atoms with van der Waals surface area (Å²) >= 11 is 0. The van der Waals surface area contributed by atoms with Crippen molar-refractivity contribution < 1.29 is 5.11 Å². The number of nitrogens with one attached hydrogen (secondary N) is 1. The second kappa shape index (κ2) is 6.03. The average molecular weight is 116 g/mol. The molecule has 0 unspecified atom stereocenters. The minimum absolute atomic E-state index is 0.250. The van der Waals surface area contributed by atoms with Crippen LogP contribution in [-0.4, -0.2) is 32.3 Å². The number of aromatic amines is 1. The third-order valence-electron chi connectivity index (χ3n) is 0.270. The molecule has 5 nitrogen and oxygen atoms in total. The van der Waals surface area contributed by atoms with E-state index in [9.17, 15) is 0 Å². The van der Waals surface area contributed by atoms with E-state index in [-0.39, 0.29) is 6.61 Å². The predicted octanol–water partition coefficient (Wildman–Crippen LogP) is -0.802. The molecule has 0 fully saturated rings. The van der Waals surface area contributed by atoms with Gasteiger partial charge in [0.15, 0.2) is 6.33 Å². The summed E-state index contributed by atoms with van der Waals surface area (Å²) in [6, 6.07) is 0. The van der Waals surface area contributed by atoms with Crippen LogP contribution in [0.5, 0.6) is 0 Å². The van der Waals surface area contributed by atoms with E-state index >= 15 is 0 Å². The van der Waals surface area contributed by atoms with Gasteiger partial charge in [0.1, 0.15) is 0 Å². The molecular weight excluding hydrogens is 108 g/mol. The van der Waals surface area contributed by atoms with Crippen LogP contribution < -0.4 is 0 Å². The highest BCUT2D eigenvalue weighted by Crippen LogP contribution is 1.43. The minimum atomic E-state index is 0.250. The Labute approximate surface area is 46.7 Å². The van der Waals surface area contributed by atoms with Gasteiger partial charge in [-0.1, -0.05) is 5.21 Å². The quantitative estimate of drug-likeness (QED) is 0.465. The van der Waals surface area contributed by atoms with Gasteiger partial charge in [0, 0.05) is 6.61 Å². The van der Waals surface area contributed by atoms with Crippen LogP contribution in [-0.2, 0) is 0 Å². The van der Waals surface area contributed by atoms with Crippen molar-refractivity contribution in [2.24, 2.45) is 0 Å². The lowest BCUT2D eigenvalue weighted by Crippen LogP contribution is -1.64. The van der Waals surface area contributed by atoms with Crippen LogP contribution in [0.25, 0.3) is 0 Å². The molecular formula is C3H8N4O. The number of hydrogen-bond donors (Lipinski definition) is 2. The number of tetrazole rings is 1. The number of nitrogens with zero attached hydrogens (tertiary/aromatic N) is 3. The van der Waals surface area contributed by atoms with Gasteiger partial charge in [0.25, 0.3) is 0 Å². The minimum Gasteiger partial charge on any atom is -0.397 e. The Morgan fingerprint density at radius 1 is 1.75 bits per heavy atom. The Hall–Kier alpha value is -0.970. The van der Waals surface area contributed by atoms with Crippen LogP contribution in [0, 0.1) is 0 Å². The van der Waals surface area contributed by atoms with E-state index in [1.165, 1.54) is 6.33 Å². The number of hydrogen-bond acceptors (Lipinski definition) is 4. The van der Waals surface area contributed by atoms with Crippen molar-refractivity contribution in [3.05, 3.63) is 6.33 Å². The molecule has 0 aliphatic carbocycles. The molecule has 0 atom stereocenters. The molecule has 0 radical (unpaired) electrons. The summed E-state index contributed by atoms with van der Waals surface area (Å²) in [7, 11) is 0. The van der Waals surface area contributed by atoms with Crippen LogP contribution in [0.2, 0.25) is 0 Å². The molecule has 0 spiro atoms. The first kappa shape index (κ1) is 7.03. The fraction of sp³-hybridized carbons (Fsp3) is 0.667. The van der Waals surface area contributed by atoms with E-state index in [4.69, 9.17) is 5.11 Å². The van der Waals surface area contributed by atoms with Crippen molar-refractivity contribution in [3.8, 4) is 0 Å². The van der Waals surface area contributed by atoms with E-state index in [2.05, 4.69) is 20.6 Å². The fourth-order valence-corrected chi connectivity index (χ4v) is 0.129. The van der Waals surface area contributed by atoms with E-state index in [0.29, 0.717) is 0 Å². The third-order valence-corrected chi connectivity index (χ3v) is 0.270. The lowest BCUT2D eigenvalue weighted by atomic mass is 10.9. The summed E-state index contributed by atoms with van der Waals surface area (Å²) in [6.45, 7) is 1.93. The fourth-order valence-electron chi connectivity index (χ4n) is 0.129. The van der Waals surface area contributed by atoms with Crippen LogP contribution in [0.15, 0.2) is 6.33 Å². The molecule has 0 saturated heterocycles. The monoisotopic (exact) mass is 116 g/mol. The Morgan fingerprint density at radius 3 is 2.50 bits per heavy atom. The Balaban J connectivity index is 0.000000145. The van der Waals surface area contributed by atoms with Crippen molar-refractivity contribution in [2.45, 2.75) is 6.92 Å². The van der Waals surface area contributed by atoms with E-state index in [0.717, 1.165) is 0 Å². The molecule has 0 aromatic carbocycles. The maximum absolute atomic E-state index is 7.57. The highest BCUT2D eigenvalue weighted by Gasteiger charge is 1.58. The van der Waals surface area contributed by atoms with E-state index < -0.39 is 0 Å². The first-order valence-electron chi connectivity index (χ1n) is 2.19. The number of aliphatic hydroxyl groups is 1. The average Bonchev–Trinajstić information content (AvgIpc) is 2.17. The molecule has 0 aliphatic heterocycles. The summed E-state index contributed by atoms with van der Waals surface area (Å²) in [4.78, 5) is 0. The lowest BCUT2D eigenvalue weighted by Gasteiger charge is -1.52. The standard InChI is InChI=1S/C2H6O.CH2N4/c1-2-3;1-2-4-5-3-1/h3H,2H2,1H3;1H,(H,2,3,4,5). The second-order valence-electron chi connectivity index (χ2n) is 0.876. The number of rotatable bonds is 0. The van der Waals surface area contributed by atoms with Crippen LogP contribution >= 0.6 is 0 Å². The van der Waals surface area contributed by atoms with Gasteiger partial charge in [-0.25, -0.2) is 0 Å². The van der Waals surface area contributed by atoms with Crippen molar-refractivity contribution in [2.75, 3.05) is 6.61 Å².